The molecule has 3 unspecified atom stereocenters. The molecule has 2 heteroatoms. The van der Waals surface area contributed by atoms with Gasteiger partial charge in [-0.05, 0) is 50.0 Å². The molecule has 0 N–H and O–H groups in total. The molecule has 0 saturated carbocycles. The highest BCUT2D eigenvalue weighted by atomic mass is 16.5. The lowest BCUT2D eigenvalue weighted by Crippen LogP contribution is -2.32. The van der Waals surface area contributed by atoms with Gasteiger partial charge >= 0.3 is 0 Å². The van der Waals surface area contributed by atoms with Crippen molar-refractivity contribution in [2.24, 2.45) is 28.2 Å². The minimum absolute atomic E-state index is 0.121. The highest BCUT2D eigenvalue weighted by molar-refractivity contribution is 5.92. The first-order valence-electron chi connectivity index (χ1n) is 12.2. The smallest absolute Gasteiger partial charge is 0.0492 e. The van der Waals surface area contributed by atoms with Crippen LogP contribution in [0.2, 0.25) is 0 Å². The van der Waals surface area contributed by atoms with Crippen LogP contribution >= 0.6 is 0 Å². The Morgan fingerprint density at radius 2 is 1.86 bits per heavy atom. The van der Waals surface area contributed by atoms with E-state index in [1.54, 1.807) is 0 Å². The maximum absolute atomic E-state index is 5.46. The Labute approximate surface area is 180 Å². The third kappa shape index (κ3) is 6.67. The first kappa shape index (κ1) is 24.1. The van der Waals surface area contributed by atoms with Gasteiger partial charge in [0.2, 0.25) is 0 Å². The zero-order chi connectivity index (χ0) is 21.1. The molecule has 1 aliphatic carbocycles. The molecule has 29 heavy (non-hydrogen) atoms. The number of rotatable bonds is 8. The van der Waals surface area contributed by atoms with Crippen molar-refractivity contribution in [2.75, 3.05) is 19.8 Å². The Hall–Kier alpha value is -1.15. The van der Waals surface area contributed by atoms with Crippen molar-refractivity contribution in [3.05, 3.63) is 36.5 Å². The number of hydrogen-bond donors (Lipinski definition) is 0. The molecule has 164 valence electrons. The van der Waals surface area contributed by atoms with Crippen LogP contribution in [0.15, 0.2) is 41.4 Å². The second kappa shape index (κ2) is 12.5. The SMILES string of the molecule is C=C/C(=C\C)C1(C)CN=C2CC(CCCCC3CCOCC3)C=CC21.CCCC. The molecular formula is C27H45NO. The van der Waals surface area contributed by atoms with Gasteiger partial charge in [-0.25, -0.2) is 0 Å². The van der Waals surface area contributed by atoms with E-state index in [9.17, 15) is 0 Å². The summed E-state index contributed by atoms with van der Waals surface area (Å²) in [5.41, 5.74) is 2.90. The van der Waals surface area contributed by atoms with Crippen LogP contribution in [0.4, 0.5) is 0 Å². The average molecular weight is 400 g/mol. The number of nitrogens with zero attached hydrogens (tertiary/aromatic N) is 1. The van der Waals surface area contributed by atoms with Crippen molar-refractivity contribution in [3.8, 4) is 0 Å². The summed E-state index contributed by atoms with van der Waals surface area (Å²) in [6.45, 7) is 15.7. The normalized spacial score (nSPS) is 29.7. The van der Waals surface area contributed by atoms with Crippen LogP contribution in [-0.4, -0.2) is 25.5 Å². The van der Waals surface area contributed by atoms with Gasteiger partial charge in [-0.3, -0.25) is 4.99 Å². The van der Waals surface area contributed by atoms with E-state index in [-0.39, 0.29) is 5.41 Å². The Balaban J connectivity index is 0.000000687. The Morgan fingerprint density at radius 3 is 2.48 bits per heavy atom. The molecule has 3 atom stereocenters. The molecular weight excluding hydrogens is 354 g/mol. The summed E-state index contributed by atoms with van der Waals surface area (Å²) in [5, 5.41) is 0. The maximum atomic E-state index is 5.46. The third-order valence-electron chi connectivity index (χ3n) is 7.17. The minimum Gasteiger partial charge on any atom is -0.381 e. The van der Waals surface area contributed by atoms with E-state index in [1.807, 2.05) is 6.08 Å². The van der Waals surface area contributed by atoms with Crippen LogP contribution < -0.4 is 0 Å². The van der Waals surface area contributed by atoms with E-state index in [4.69, 9.17) is 9.73 Å². The highest BCUT2D eigenvalue weighted by Gasteiger charge is 2.43. The van der Waals surface area contributed by atoms with E-state index in [0.717, 1.165) is 25.7 Å². The zero-order valence-corrected chi connectivity index (χ0v) is 19.6. The topological polar surface area (TPSA) is 21.6 Å². The van der Waals surface area contributed by atoms with Gasteiger partial charge in [-0.2, -0.15) is 0 Å². The molecule has 0 radical (unpaired) electrons. The monoisotopic (exact) mass is 399 g/mol. The third-order valence-corrected chi connectivity index (χ3v) is 7.17. The molecule has 2 nitrogen and oxygen atoms in total. The van der Waals surface area contributed by atoms with Crippen LogP contribution in [0.3, 0.4) is 0 Å². The Morgan fingerprint density at radius 1 is 1.17 bits per heavy atom. The fourth-order valence-corrected chi connectivity index (χ4v) is 4.97. The molecule has 2 heterocycles. The first-order chi connectivity index (χ1) is 14.1. The van der Waals surface area contributed by atoms with Gasteiger partial charge in [-0.15, -0.1) is 0 Å². The fourth-order valence-electron chi connectivity index (χ4n) is 4.97. The summed E-state index contributed by atoms with van der Waals surface area (Å²) >= 11 is 0. The van der Waals surface area contributed by atoms with Crippen LogP contribution in [-0.2, 0) is 4.74 Å². The molecule has 0 aromatic rings. The second-order valence-corrected chi connectivity index (χ2v) is 9.34. The largest absolute Gasteiger partial charge is 0.381 e. The van der Waals surface area contributed by atoms with Crippen LogP contribution in [0.1, 0.15) is 85.5 Å². The standard InChI is InChI=1S/C23H35NO.C4H10/c1-4-20(5-2)23(3)17-24-22-16-19(10-11-21(22)23)9-7-6-8-18-12-14-25-15-13-18;1-3-4-2/h4-5,10-11,18-19,21H,1,6-9,12-17H2,2-3H3;3-4H2,1-2H3/b20-5+;. The Bertz CT molecular complexity index is 579. The second-order valence-electron chi connectivity index (χ2n) is 9.34. The fraction of sp³-hybridized carbons (Fsp3) is 0.741. The molecule has 0 aromatic carbocycles. The van der Waals surface area contributed by atoms with Gasteiger partial charge in [0.25, 0.3) is 0 Å². The number of allylic oxidation sites excluding steroid dienone is 4. The number of aliphatic imine (C=N–C) groups is 1. The number of fused-ring (bicyclic) bond motifs is 1. The van der Waals surface area contributed by atoms with Crippen molar-refractivity contribution >= 4 is 5.71 Å². The molecule has 3 rings (SSSR count). The van der Waals surface area contributed by atoms with E-state index >= 15 is 0 Å². The zero-order valence-electron chi connectivity index (χ0n) is 19.6. The van der Waals surface area contributed by atoms with Gasteiger partial charge in [0, 0.05) is 36.8 Å². The van der Waals surface area contributed by atoms with E-state index in [0.29, 0.717) is 11.8 Å². The minimum atomic E-state index is 0.121. The van der Waals surface area contributed by atoms with E-state index < -0.39 is 0 Å². The van der Waals surface area contributed by atoms with Crippen molar-refractivity contribution in [1.82, 2.24) is 0 Å². The van der Waals surface area contributed by atoms with Crippen molar-refractivity contribution in [1.29, 1.82) is 0 Å². The average Bonchev–Trinajstić information content (AvgIpc) is 3.10. The molecule has 3 aliphatic rings. The van der Waals surface area contributed by atoms with Crippen molar-refractivity contribution in [2.45, 2.75) is 85.5 Å². The summed E-state index contributed by atoms with van der Waals surface area (Å²) in [6.07, 6.45) is 21.0. The summed E-state index contributed by atoms with van der Waals surface area (Å²) < 4.78 is 5.46. The first-order valence-corrected chi connectivity index (χ1v) is 12.2. The molecule has 1 fully saturated rings. The van der Waals surface area contributed by atoms with Gasteiger partial charge in [-0.1, -0.05) is 83.8 Å². The molecule has 2 aliphatic heterocycles. The number of ether oxygens (including phenoxy) is 1. The van der Waals surface area contributed by atoms with Gasteiger partial charge in [0.15, 0.2) is 0 Å². The van der Waals surface area contributed by atoms with E-state index in [2.05, 4.69) is 52.5 Å². The quantitative estimate of drug-likeness (QED) is 0.234. The van der Waals surface area contributed by atoms with Gasteiger partial charge in [0.05, 0.1) is 0 Å². The molecule has 0 spiro atoms. The van der Waals surface area contributed by atoms with Gasteiger partial charge in [0.1, 0.15) is 0 Å². The molecule has 0 amide bonds. The van der Waals surface area contributed by atoms with Crippen molar-refractivity contribution in [3.63, 3.8) is 0 Å². The Kier molecular flexibility index (Phi) is 10.4. The predicted octanol–water partition coefficient (Wildman–Crippen LogP) is 7.57. The summed E-state index contributed by atoms with van der Waals surface area (Å²) in [7, 11) is 0. The number of hydrogen-bond acceptors (Lipinski definition) is 2. The summed E-state index contributed by atoms with van der Waals surface area (Å²) in [5.74, 6) is 2.10. The van der Waals surface area contributed by atoms with E-state index in [1.165, 1.54) is 69.1 Å². The lowest BCUT2D eigenvalue weighted by Gasteiger charge is -2.34. The van der Waals surface area contributed by atoms with Crippen LogP contribution in [0.5, 0.6) is 0 Å². The molecule has 1 saturated heterocycles. The predicted molar refractivity (Wildman–Crippen MR) is 128 cm³/mol. The maximum Gasteiger partial charge on any atom is 0.0492 e. The van der Waals surface area contributed by atoms with Crippen LogP contribution in [0.25, 0.3) is 0 Å². The van der Waals surface area contributed by atoms with Crippen LogP contribution in [0, 0.1) is 23.2 Å². The van der Waals surface area contributed by atoms with Crippen molar-refractivity contribution < 1.29 is 4.74 Å². The number of unbranched alkanes of at least 4 members (excludes halogenated alkanes) is 2. The molecule has 0 aromatic heterocycles. The lowest BCUT2D eigenvalue weighted by atomic mass is 9.68. The van der Waals surface area contributed by atoms with Gasteiger partial charge < -0.3 is 4.74 Å². The summed E-state index contributed by atoms with van der Waals surface area (Å²) in [4.78, 5) is 4.94. The highest BCUT2D eigenvalue weighted by Crippen LogP contribution is 2.46. The lowest BCUT2D eigenvalue weighted by molar-refractivity contribution is 0.0630. The molecule has 0 bridgehead atoms. The summed E-state index contributed by atoms with van der Waals surface area (Å²) in [6, 6.07) is 0.